The van der Waals surface area contributed by atoms with Crippen LogP contribution in [0.1, 0.15) is 22.8 Å². The van der Waals surface area contributed by atoms with E-state index < -0.39 is 10.4 Å². The molecule has 0 atom stereocenters. The molecule has 2 aromatic rings. The van der Waals surface area contributed by atoms with Gasteiger partial charge in [-0.25, -0.2) is 9.97 Å². The second kappa shape index (κ2) is 19.8. The molecule has 2 aromatic heterocycles. The number of imidazole rings is 2. The van der Waals surface area contributed by atoms with Gasteiger partial charge in [0.05, 0.1) is 24.0 Å². The van der Waals surface area contributed by atoms with Crippen molar-refractivity contribution in [3.63, 3.8) is 0 Å². The Balaban J connectivity index is 0.000000555. The Kier molecular flexibility index (Phi) is 19.0. The summed E-state index contributed by atoms with van der Waals surface area (Å²) >= 11 is 6.54. The molecule has 35 heavy (non-hydrogen) atoms. The summed E-state index contributed by atoms with van der Waals surface area (Å²) in [6.45, 7) is 5.71. The van der Waals surface area contributed by atoms with Crippen molar-refractivity contribution < 1.29 is 17.5 Å². The number of aromatic nitrogens is 4. The summed E-state index contributed by atoms with van der Waals surface area (Å²) in [5.41, 5.74) is 4.54. The lowest BCUT2D eigenvalue weighted by Crippen LogP contribution is -2.21. The van der Waals surface area contributed by atoms with Gasteiger partial charge >= 0.3 is 10.4 Å². The molecule has 2 heterocycles. The number of hydrogen-bond donors (Lipinski definition) is 8. The number of hydrogen-bond acceptors (Lipinski definition) is 10. The number of amidine groups is 2. The van der Waals surface area contributed by atoms with Gasteiger partial charge in [-0.1, -0.05) is 23.5 Å². The van der Waals surface area contributed by atoms with Gasteiger partial charge in [-0.05, 0) is 26.4 Å². The standard InChI is InChI=1S/2C9H16N4S2.H2O4S/c2*1-7-8(13-6-12-7)5-15-4-3-11-9(10)14-2;1-5(2,3)4/h2*6H,3-5H2,1-2H3,(H2,10,11)(H,12,13);(H2,1,2,3,4). The average molecular weight is 587 g/mol. The predicted molar refractivity (Wildman–Crippen MR) is 152 cm³/mol. The first-order valence-corrected chi connectivity index (χ1v) is 16.2. The zero-order chi connectivity index (χ0) is 26.7. The van der Waals surface area contributed by atoms with Crippen LogP contribution in [0.25, 0.3) is 0 Å². The number of nitrogens with one attached hydrogen (secondary N) is 6. The summed E-state index contributed by atoms with van der Waals surface area (Å²) in [6, 6.07) is 0. The Bertz CT molecular complexity index is 898. The van der Waals surface area contributed by atoms with Crippen molar-refractivity contribution >= 4 is 67.8 Å². The lowest BCUT2D eigenvalue weighted by molar-refractivity contribution is 0.381. The van der Waals surface area contributed by atoms with Crippen molar-refractivity contribution in [2.45, 2.75) is 25.4 Å². The SMILES string of the molecule is CSC(=N)NCCSCc1[nH]cnc1C.CSC(=N)NCCSCc1[nH]cnc1C.O=S(=O)(O)O. The maximum Gasteiger partial charge on any atom is 0.394 e. The zero-order valence-corrected chi connectivity index (χ0v) is 24.1. The first-order chi connectivity index (χ1) is 16.5. The lowest BCUT2D eigenvalue weighted by Gasteiger charge is -2.04. The molecule has 0 radical (unpaired) electrons. The molecule has 0 amide bonds. The van der Waals surface area contributed by atoms with Gasteiger partial charge < -0.3 is 20.6 Å². The Morgan fingerprint density at radius 2 is 1.23 bits per heavy atom. The molecule has 8 N–H and O–H groups in total. The molecule has 0 fully saturated rings. The molecular formula is C18H34N8O4S5. The maximum atomic E-state index is 8.74. The van der Waals surface area contributed by atoms with E-state index in [4.69, 9.17) is 28.3 Å². The van der Waals surface area contributed by atoms with E-state index in [0.29, 0.717) is 10.3 Å². The van der Waals surface area contributed by atoms with Crippen LogP contribution in [-0.2, 0) is 21.9 Å². The fraction of sp³-hybridized carbons (Fsp3) is 0.556. The van der Waals surface area contributed by atoms with Crippen LogP contribution in [0.2, 0.25) is 0 Å². The van der Waals surface area contributed by atoms with Gasteiger partial charge in [0.2, 0.25) is 0 Å². The van der Waals surface area contributed by atoms with Crippen molar-refractivity contribution in [3.05, 3.63) is 35.4 Å². The van der Waals surface area contributed by atoms with E-state index in [2.05, 4.69) is 30.6 Å². The highest BCUT2D eigenvalue weighted by molar-refractivity contribution is 8.13. The van der Waals surface area contributed by atoms with Gasteiger partial charge in [-0.3, -0.25) is 19.9 Å². The summed E-state index contributed by atoms with van der Waals surface area (Å²) in [5, 5.41) is 21.9. The molecule has 200 valence electrons. The summed E-state index contributed by atoms with van der Waals surface area (Å²) in [6.07, 6.45) is 7.26. The number of rotatable bonds is 10. The third-order valence-electron chi connectivity index (χ3n) is 3.83. The minimum Gasteiger partial charge on any atom is -0.364 e. The second-order valence-electron chi connectivity index (χ2n) is 6.41. The number of nitrogens with zero attached hydrogens (tertiary/aromatic N) is 2. The summed E-state index contributed by atoms with van der Waals surface area (Å²) in [5.74, 6) is 3.92. The molecule has 0 spiro atoms. The Hall–Kier alpha value is -1.37. The number of aromatic amines is 2. The van der Waals surface area contributed by atoms with Crippen LogP contribution in [-0.4, -0.2) is 84.9 Å². The third kappa shape index (κ3) is 20.5. The van der Waals surface area contributed by atoms with Gasteiger partial charge in [-0.15, -0.1) is 0 Å². The van der Waals surface area contributed by atoms with Gasteiger partial charge in [0.15, 0.2) is 10.3 Å². The van der Waals surface area contributed by atoms with Crippen LogP contribution in [0.15, 0.2) is 12.7 Å². The summed E-state index contributed by atoms with van der Waals surface area (Å²) in [4.78, 5) is 14.5. The number of H-pyrrole nitrogens is 2. The molecule has 12 nitrogen and oxygen atoms in total. The molecule has 0 bridgehead atoms. The molecule has 0 aliphatic heterocycles. The zero-order valence-electron chi connectivity index (χ0n) is 20.0. The highest BCUT2D eigenvalue weighted by Crippen LogP contribution is 2.12. The van der Waals surface area contributed by atoms with E-state index in [1.54, 1.807) is 12.7 Å². The molecule has 17 heteroatoms. The largest absolute Gasteiger partial charge is 0.394 e. The Morgan fingerprint density at radius 3 is 1.49 bits per heavy atom. The molecule has 0 saturated carbocycles. The first-order valence-electron chi connectivity index (χ1n) is 10.0. The number of thioether (sulfide) groups is 4. The fourth-order valence-corrected chi connectivity index (χ4v) is 4.30. The summed E-state index contributed by atoms with van der Waals surface area (Å²) < 4.78 is 31.6. The quantitative estimate of drug-likeness (QED) is 0.0876. The van der Waals surface area contributed by atoms with Crippen LogP contribution < -0.4 is 10.6 Å². The predicted octanol–water partition coefficient (Wildman–Crippen LogP) is 3.02. The van der Waals surface area contributed by atoms with Gasteiger partial charge in [0.25, 0.3) is 0 Å². The molecule has 2 rings (SSSR count). The first kappa shape index (κ1) is 33.6. The van der Waals surface area contributed by atoms with E-state index in [9.17, 15) is 0 Å². The van der Waals surface area contributed by atoms with E-state index in [-0.39, 0.29) is 0 Å². The average Bonchev–Trinajstić information content (AvgIpc) is 3.39. The van der Waals surface area contributed by atoms with E-state index in [1.807, 2.05) is 49.9 Å². The van der Waals surface area contributed by atoms with Crippen LogP contribution in [0.4, 0.5) is 0 Å². The van der Waals surface area contributed by atoms with Crippen LogP contribution >= 0.6 is 47.0 Å². The topological polar surface area (TPSA) is 204 Å². The maximum absolute atomic E-state index is 8.74. The normalized spacial score (nSPS) is 10.5. The van der Waals surface area contributed by atoms with Crippen LogP contribution in [0, 0.1) is 24.7 Å². The molecular weight excluding hydrogens is 553 g/mol. The smallest absolute Gasteiger partial charge is 0.364 e. The van der Waals surface area contributed by atoms with E-state index >= 15 is 0 Å². The lowest BCUT2D eigenvalue weighted by atomic mass is 10.4. The van der Waals surface area contributed by atoms with Crippen molar-refractivity contribution in [2.24, 2.45) is 0 Å². The molecule has 0 aliphatic rings. The highest BCUT2D eigenvalue weighted by atomic mass is 32.3. The van der Waals surface area contributed by atoms with Crippen molar-refractivity contribution in [1.29, 1.82) is 10.8 Å². The fourth-order valence-electron chi connectivity index (χ4n) is 2.04. The van der Waals surface area contributed by atoms with Crippen molar-refractivity contribution in [2.75, 3.05) is 37.1 Å². The second-order valence-corrected chi connectivity index (χ2v) is 11.1. The van der Waals surface area contributed by atoms with Crippen molar-refractivity contribution in [3.8, 4) is 0 Å². The third-order valence-corrected chi connectivity index (χ3v) is 6.91. The monoisotopic (exact) mass is 586 g/mol. The molecule has 0 saturated heterocycles. The minimum absolute atomic E-state index is 0.535. The highest BCUT2D eigenvalue weighted by Gasteiger charge is 2.01. The molecule has 0 aliphatic carbocycles. The van der Waals surface area contributed by atoms with Gasteiger partial charge in [0, 0.05) is 47.5 Å². The van der Waals surface area contributed by atoms with Crippen LogP contribution in [0.5, 0.6) is 0 Å². The molecule has 0 unspecified atom stereocenters. The Morgan fingerprint density at radius 1 is 0.886 bits per heavy atom. The Labute approximate surface area is 223 Å². The molecule has 0 aromatic carbocycles. The van der Waals surface area contributed by atoms with Crippen molar-refractivity contribution in [1.82, 2.24) is 30.6 Å². The minimum atomic E-state index is -4.67. The van der Waals surface area contributed by atoms with Gasteiger partial charge in [-0.2, -0.15) is 31.9 Å². The van der Waals surface area contributed by atoms with Crippen LogP contribution in [0.3, 0.4) is 0 Å². The van der Waals surface area contributed by atoms with E-state index in [1.165, 1.54) is 34.9 Å². The summed E-state index contributed by atoms with van der Waals surface area (Å²) in [7, 11) is -4.67. The van der Waals surface area contributed by atoms with E-state index in [0.717, 1.165) is 47.5 Å². The number of aryl methyl sites for hydroxylation is 2. The van der Waals surface area contributed by atoms with Gasteiger partial charge in [0.1, 0.15) is 0 Å².